The Kier molecular flexibility index (Phi) is 13.2. The third-order valence-corrected chi connectivity index (χ3v) is 11.0. The summed E-state index contributed by atoms with van der Waals surface area (Å²) in [5.41, 5.74) is -7.77. The minimum Gasteiger partial charge on any atom is -0.456 e. The van der Waals surface area contributed by atoms with Crippen molar-refractivity contribution in [2.45, 2.75) is 76.4 Å². The summed E-state index contributed by atoms with van der Waals surface area (Å²) in [4.78, 5) is 61.1. The van der Waals surface area contributed by atoms with Gasteiger partial charge in [-0.3, -0.25) is 40.1 Å². The number of carbonyl (C=O) groups is 4. The van der Waals surface area contributed by atoms with Gasteiger partial charge in [-0.25, -0.2) is 18.4 Å². The fraction of sp³-hybridized carbons (Fsp3) is 0.750. The standard InChI is InChI=1S/C32H46F2N2O15/c1-19-13-21-22-15-24(33)23-14-20(37)6-7-29(23,2)31(22,34)25(38)16-30(21,3)32(19,51-27(40)5-4-8-49-35(42)43)26(39)17-48-28(41)18-47-10-9-46-11-12-50-36(44)45/h6-7,14,19,21-22,24-25,38,42-45H,4-5,8-13,15-18H2,1-3H3/t19-,21?,22?,24+,25?,29?,30+,31+,32+/m1/s1. The number of halogens is 2. The van der Waals surface area contributed by atoms with Crippen molar-refractivity contribution < 1.29 is 82.5 Å². The van der Waals surface area contributed by atoms with Crippen LogP contribution < -0.4 is 0 Å². The van der Waals surface area contributed by atoms with Crippen LogP contribution in [0.5, 0.6) is 0 Å². The maximum Gasteiger partial charge on any atom is 0.332 e. The Balaban J connectivity index is 1.54. The summed E-state index contributed by atoms with van der Waals surface area (Å²) in [5, 5.41) is 45.2. The number of allylic oxidation sites excluding steroid dienone is 4. The molecule has 51 heavy (non-hydrogen) atoms. The Morgan fingerprint density at radius 2 is 1.57 bits per heavy atom. The smallest absolute Gasteiger partial charge is 0.332 e. The van der Waals surface area contributed by atoms with E-state index in [1.165, 1.54) is 13.0 Å². The molecule has 17 nitrogen and oxygen atoms in total. The molecule has 0 bridgehead atoms. The number of alkyl halides is 2. The van der Waals surface area contributed by atoms with Gasteiger partial charge in [0.1, 0.15) is 12.8 Å². The van der Waals surface area contributed by atoms with Gasteiger partial charge in [-0.2, -0.15) is 0 Å². The zero-order chi connectivity index (χ0) is 37.8. The van der Waals surface area contributed by atoms with Gasteiger partial charge in [-0.1, -0.05) is 19.9 Å². The van der Waals surface area contributed by atoms with Crippen molar-refractivity contribution in [1.29, 1.82) is 0 Å². The van der Waals surface area contributed by atoms with E-state index in [4.69, 9.17) is 39.8 Å². The Bertz CT molecular complexity index is 1370. The van der Waals surface area contributed by atoms with E-state index < -0.39 is 112 Å². The minimum absolute atomic E-state index is 0.00412. The van der Waals surface area contributed by atoms with E-state index in [0.717, 1.165) is 12.2 Å². The highest BCUT2D eigenvalue weighted by atomic mass is 19.1. The molecule has 0 amide bonds. The summed E-state index contributed by atoms with van der Waals surface area (Å²) < 4.78 is 55.1. The summed E-state index contributed by atoms with van der Waals surface area (Å²) in [7, 11) is 0. The molecule has 0 saturated heterocycles. The van der Waals surface area contributed by atoms with Gasteiger partial charge in [0.05, 0.1) is 49.9 Å². The normalized spacial score (nSPS) is 35.6. The number of nitrogens with zero attached hydrogens (tertiary/aromatic N) is 2. The quantitative estimate of drug-likeness (QED) is 0.0767. The van der Waals surface area contributed by atoms with Crippen molar-refractivity contribution in [3.05, 3.63) is 23.8 Å². The van der Waals surface area contributed by atoms with E-state index in [2.05, 4.69) is 9.68 Å². The number of ketones is 2. The van der Waals surface area contributed by atoms with E-state index in [1.807, 2.05) is 0 Å². The second-order valence-corrected chi connectivity index (χ2v) is 13.7. The molecule has 288 valence electrons. The summed E-state index contributed by atoms with van der Waals surface area (Å²) >= 11 is 0. The number of hydrogen-bond acceptors (Lipinski definition) is 17. The average molecular weight is 737 g/mol. The summed E-state index contributed by atoms with van der Waals surface area (Å²) in [6.07, 6.45) is -1.19. The van der Waals surface area contributed by atoms with Crippen LogP contribution in [-0.2, 0) is 47.8 Å². The predicted octanol–water partition coefficient (Wildman–Crippen LogP) is 1.78. The molecular weight excluding hydrogens is 690 g/mol. The molecule has 19 heteroatoms. The van der Waals surface area contributed by atoms with Gasteiger partial charge in [-0.05, 0) is 56.3 Å². The number of Topliss-reactive ketones (excluding diaryl/α,β-unsaturated/α-hetero) is 1. The molecule has 0 spiro atoms. The van der Waals surface area contributed by atoms with Crippen LogP contribution in [0.25, 0.3) is 0 Å². The molecule has 0 aromatic carbocycles. The largest absolute Gasteiger partial charge is 0.456 e. The van der Waals surface area contributed by atoms with E-state index in [0.29, 0.717) is 0 Å². The van der Waals surface area contributed by atoms with Gasteiger partial charge in [-0.15, -0.1) is 0 Å². The Labute approximate surface area is 292 Å². The highest BCUT2D eigenvalue weighted by Gasteiger charge is 2.78. The highest BCUT2D eigenvalue weighted by molar-refractivity contribution is 6.01. The monoisotopic (exact) mass is 736 g/mol. The number of rotatable bonds is 18. The van der Waals surface area contributed by atoms with Gasteiger partial charge in [0, 0.05) is 29.1 Å². The van der Waals surface area contributed by atoms with Crippen LogP contribution in [0.4, 0.5) is 8.78 Å². The number of ether oxygens (including phenoxy) is 4. The third-order valence-electron chi connectivity index (χ3n) is 11.0. The summed E-state index contributed by atoms with van der Waals surface area (Å²) in [6.45, 7) is 2.57. The first-order valence-corrected chi connectivity index (χ1v) is 16.6. The molecule has 0 radical (unpaired) electrons. The molecule has 3 fully saturated rings. The molecule has 9 atom stereocenters. The van der Waals surface area contributed by atoms with Crippen LogP contribution in [0.1, 0.15) is 52.9 Å². The Hall–Kier alpha value is -2.82. The molecular formula is C32H46F2N2O15. The number of esters is 2. The first kappa shape index (κ1) is 40.9. The zero-order valence-corrected chi connectivity index (χ0v) is 28.6. The van der Waals surface area contributed by atoms with Crippen molar-refractivity contribution in [3.8, 4) is 0 Å². The number of hydrogen-bond donors (Lipinski definition) is 5. The number of aliphatic hydroxyl groups excluding tert-OH is 1. The molecule has 4 unspecified atom stereocenters. The van der Waals surface area contributed by atoms with Gasteiger partial charge in [0.25, 0.3) is 0 Å². The first-order valence-electron chi connectivity index (χ1n) is 16.6. The molecule has 5 N–H and O–H groups in total. The van der Waals surface area contributed by atoms with Crippen LogP contribution >= 0.6 is 0 Å². The first-order chi connectivity index (χ1) is 23.9. The van der Waals surface area contributed by atoms with E-state index in [9.17, 15) is 24.3 Å². The van der Waals surface area contributed by atoms with Crippen molar-refractivity contribution >= 4 is 23.5 Å². The molecule has 4 aliphatic carbocycles. The minimum atomic E-state index is -2.46. The van der Waals surface area contributed by atoms with Crippen molar-refractivity contribution in [1.82, 2.24) is 10.8 Å². The predicted molar refractivity (Wildman–Crippen MR) is 162 cm³/mol. The van der Waals surface area contributed by atoms with Crippen LogP contribution in [0.2, 0.25) is 0 Å². The molecule has 4 aliphatic rings. The fourth-order valence-corrected chi connectivity index (χ4v) is 8.83. The molecule has 3 saturated carbocycles. The lowest BCUT2D eigenvalue weighted by Crippen LogP contribution is -2.71. The SMILES string of the molecule is C[C@@H]1CC2C3C[C@H](F)C4=CC(=O)C=CC4(C)[C@@]3(F)C(O)C[C@]2(C)[C@@]1(OC(=O)CCCON(O)O)C(=O)COC(=O)COCCOCCON(O)O. The maximum absolute atomic E-state index is 17.7. The van der Waals surface area contributed by atoms with E-state index in [-0.39, 0.29) is 57.9 Å². The number of aliphatic hydroxyl groups is 1. The Morgan fingerprint density at radius 1 is 0.922 bits per heavy atom. The van der Waals surface area contributed by atoms with Crippen molar-refractivity contribution in [2.24, 2.45) is 28.6 Å². The third kappa shape index (κ3) is 7.93. The van der Waals surface area contributed by atoms with Crippen LogP contribution in [0, 0.1) is 28.6 Å². The maximum atomic E-state index is 17.7. The fourth-order valence-electron chi connectivity index (χ4n) is 8.83. The lowest BCUT2D eigenvalue weighted by Gasteiger charge is -2.63. The molecule has 4 rings (SSSR count). The van der Waals surface area contributed by atoms with Gasteiger partial charge in [0.15, 0.2) is 23.7 Å². The lowest BCUT2D eigenvalue weighted by atomic mass is 9.44. The number of fused-ring (bicyclic) bond motifs is 5. The van der Waals surface area contributed by atoms with Gasteiger partial charge in [0.2, 0.25) is 5.78 Å². The molecule has 0 aromatic rings. The molecule has 0 aromatic heterocycles. The van der Waals surface area contributed by atoms with Crippen molar-refractivity contribution in [3.63, 3.8) is 0 Å². The van der Waals surface area contributed by atoms with E-state index >= 15 is 8.78 Å². The summed E-state index contributed by atoms with van der Waals surface area (Å²) in [6, 6.07) is 0. The van der Waals surface area contributed by atoms with E-state index in [1.54, 1.807) is 13.8 Å². The van der Waals surface area contributed by atoms with Gasteiger partial charge < -0.3 is 24.1 Å². The lowest BCUT2D eigenvalue weighted by molar-refractivity contribution is -0.493. The van der Waals surface area contributed by atoms with Crippen LogP contribution in [0.15, 0.2) is 23.8 Å². The number of carbonyl (C=O) groups excluding carboxylic acids is 4. The topological polar surface area (TPSA) is 231 Å². The van der Waals surface area contributed by atoms with Gasteiger partial charge >= 0.3 is 11.9 Å². The van der Waals surface area contributed by atoms with Crippen molar-refractivity contribution in [2.75, 3.05) is 46.2 Å². The van der Waals surface area contributed by atoms with Crippen LogP contribution in [-0.4, -0.2) is 130 Å². The second-order valence-electron chi connectivity index (χ2n) is 13.7. The zero-order valence-electron chi connectivity index (χ0n) is 28.6. The average Bonchev–Trinajstić information content (AvgIpc) is 3.27. The highest BCUT2D eigenvalue weighted by Crippen LogP contribution is 2.71. The Morgan fingerprint density at radius 3 is 2.25 bits per heavy atom. The van der Waals surface area contributed by atoms with Crippen LogP contribution in [0.3, 0.4) is 0 Å². The second kappa shape index (κ2) is 16.5. The summed E-state index contributed by atoms with van der Waals surface area (Å²) in [5.74, 6) is -6.02. The molecule has 0 heterocycles. The molecule has 0 aliphatic heterocycles.